The summed E-state index contributed by atoms with van der Waals surface area (Å²) in [6.07, 6.45) is 0. The average molecular weight is 319 g/mol. The lowest BCUT2D eigenvalue weighted by molar-refractivity contribution is 0.306. The normalized spacial score (nSPS) is 10.3. The highest BCUT2D eigenvalue weighted by molar-refractivity contribution is 7.80. The molecule has 3 aromatic rings. The molecule has 0 spiro atoms. The van der Waals surface area contributed by atoms with Crippen LogP contribution >= 0.6 is 12.2 Å². The number of hydrogen-bond acceptors (Lipinski definition) is 2. The van der Waals surface area contributed by atoms with Gasteiger partial charge in [0.15, 0.2) is 0 Å². The van der Waals surface area contributed by atoms with Gasteiger partial charge in [-0.1, -0.05) is 78.9 Å². The molecule has 0 fully saturated rings. The maximum Gasteiger partial charge on any atom is 0.119 e. The third kappa shape index (κ3) is 3.76. The molecule has 0 heterocycles. The van der Waals surface area contributed by atoms with Crippen molar-refractivity contribution in [1.82, 2.24) is 0 Å². The first kappa shape index (κ1) is 15.3. The van der Waals surface area contributed by atoms with Crippen molar-refractivity contribution in [3.8, 4) is 16.9 Å². The summed E-state index contributed by atoms with van der Waals surface area (Å²) in [6.45, 7) is 0.443. The van der Waals surface area contributed by atoms with Crippen molar-refractivity contribution in [2.24, 2.45) is 5.73 Å². The quantitative estimate of drug-likeness (QED) is 0.700. The second-order valence-corrected chi connectivity index (χ2v) is 5.64. The van der Waals surface area contributed by atoms with E-state index < -0.39 is 0 Å². The lowest BCUT2D eigenvalue weighted by Gasteiger charge is -2.10. The van der Waals surface area contributed by atoms with Gasteiger partial charge in [-0.15, -0.1) is 0 Å². The second-order valence-electron chi connectivity index (χ2n) is 5.20. The van der Waals surface area contributed by atoms with Gasteiger partial charge in [-0.25, -0.2) is 0 Å². The van der Waals surface area contributed by atoms with Crippen LogP contribution in [-0.4, -0.2) is 4.99 Å². The van der Waals surface area contributed by atoms with Crippen molar-refractivity contribution in [3.05, 3.63) is 90.0 Å². The van der Waals surface area contributed by atoms with E-state index in [0.29, 0.717) is 11.6 Å². The molecule has 0 unspecified atom stereocenters. The molecule has 3 aromatic carbocycles. The van der Waals surface area contributed by atoms with Crippen LogP contribution in [0, 0.1) is 0 Å². The molecule has 2 nitrogen and oxygen atoms in total. The van der Waals surface area contributed by atoms with E-state index in [1.807, 2.05) is 54.6 Å². The Labute approximate surface area is 141 Å². The summed E-state index contributed by atoms with van der Waals surface area (Å²) < 4.78 is 5.86. The molecule has 0 aliphatic heterocycles. The first-order chi connectivity index (χ1) is 11.2. The summed E-state index contributed by atoms with van der Waals surface area (Å²) >= 11 is 5.07. The SMILES string of the molecule is NC(=S)c1ccccc1COc1ccc(-c2ccccc2)cc1. The van der Waals surface area contributed by atoms with Crippen LogP contribution in [0.1, 0.15) is 11.1 Å². The third-order valence-electron chi connectivity index (χ3n) is 3.64. The minimum absolute atomic E-state index is 0.392. The predicted molar refractivity (Wildman–Crippen MR) is 98.5 cm³/mol. The van der Waals surface area contributed by atoms with Gasteiger partial charge in [0.1, 0.15) is 17.3 Å². The Morgan fingerprint density at radius 1 is 0.783 bits per heavy atom. The molecule has 23 heavy (non-hydrogen) atoms. The van der Waals surface area contributed by atoms with E-state index in [-0.39, 0.29) is 0 Å². The summed E-state index contributed by atoms with van der Waals surface area (Å²) in [5, 5.41) is 0. The molecular formula is C20H17NOS. The summed E-state index contributed by atoms with van der Waals surface area (Å²) in [5.74, 6) is 0.822. The van der Waals surface area contributed by atoms with Gasteiger partial charge in [-0.3, -0.25) is 0 Å². The van der Waals surface area contributed by atoms with Crippen LogP contribution in [-0.2, 0) is 6.61 Å². The fourth-order valence-electron chi connectivity index (χ4n) is 2.42. The van der Waals surface area contributed by atoms with Crippen molar-refractivity contribution in [2.75, 3.05) is 0 Å². The number of hydrogen-bond donors (Lipinski definition) is 1. The molecule has 0 aromatic heterocycles. The van der Waals surface area contributed by atoms with Gasteiger partial charge < -0.3 is 10.5 Å². The Balaban J connectivity index is 1.71. The van der Waals surface area contributed by atoms with Gasteiger partial charge in [0, 0.05) is 5.56 Å². The Bertz CT molecular complexity index is 797. The van der Waals surface area contributed by atoms with Crippen LogP contribution in [0.4, 0.5) is 0 Å². The summed E-state index contributed by atoms with van der Waals surface area (Å²) in [5.41, 5.74) is 9.96. The fourth-order valence-corrected chi connectivity index (χ4v) is 2.62. The molecule has 0 saturated carbocycles. The van der Waals surface area contributed by atoms with Gasteiger partial charge >= 0.3 is 0 Å². The Morgan fingerprint density at radius 3 is 2.09 bits per heavy atom. The second kappa shape index (κ2) is 7.07. The fraction of sp³-hybridized carbons (Fsp3) is 0.0500. The number of rotatable bonds is 5. The lowest BCUT2D eigenvalue weighted by Crippen LogP contribution is -2.13. The first-order valence-corrected chi connectivity index (χ1v) is 7.81. The van der Waals surface area contributed by atoms with Crippen LogP contribution in [0.25, 0.3) is 11.1 Å². The minimum atomic E-state index is 0.392. The zero-order valence-electron chi connectivity index (χ0n) is 12.6. The van der Waals surface area contributed by atoms with Crippen LogP contribution in [0.3, 0.4) is 0 Å². The molecule has 0 aliphatic carbocycles. The Hall–Kier alpha value is -2.65. The number of ether oxygens (including phenoxy) is 1. The molecule has 0 bridgehead atoms. The van der Waals surface area contributed by atoms with E-state index >= 15 is 0 Å². The number of benzene rings is 3. The third-order valence-corrected chi connectivity index (χ3v) is 3.86. The maximum atomic E-state index is 5.86. The number of thiocarbonyl (C=S) groups is 1. The monoisotopic (exact) mass is 319 g/mol. The van der Waals surface area contributed by atoms with E-state index in [0.717, 1.165) is 16.9 Å². The first-order valence-electron chi connectivity index (χ1n) is 7.40. The molecule has 3 rings (SSSR count). The molecule has 0 radical (unpaired) electrons. The smallest absolute Gasteiger partial charge is 0.119 e. The van der Waals surface area contributed by atoms with E-state index in [1.54, 1.807) is 0 Å². The molecule has 0 atom stereocenters. The zero-order chi connectivity index (χ0) is 16.1. The molecule has 0 aliphatic rings. The highest BCUT2D eigenvalue weighted by Crippen LogP contribution is 2.23. The molecule has 2 N–H and O–H groups in total. The van der Waals surface area contributed by atoms with Crippen LogP contribution < -0.4 is 10.5 Å². The molecule has 3 heteroatoms. The van der Waals surface area contributed by atoms with E-state index in [9.17, 15) is 0 Å². The average Bonchev–Trinajstić information content (AvgIpc) is 2.61. The van der Waals surface area contributed by atoms with Crippen molar-refractivity contribution in [1.29, 1.82) is 0 Å². The Morgan fingerprint density at radius 2 is 1.39 bits per heavy atom. The largest absolute Gasteiger partial charge is 0.489 e. The zero-order valence-corrected chi connectivity index (χ0v) is 13.4. The van der Waals surface area contributed by atoms with Crippen molar-refractivity contribution in [3.63, 3.8) is 0 Å². The Kier molecular flexibility index (Phi) is 4.69. The summed E-state index contributed by atoms with van der Waals surface area (Å²) in [7, 11) is 0. The van der Waals surface area contributed by atoms with Crippen molar-refractivity contribution >= 4 is 17.2 Å². The maximum absolute atomic E-state index is 5.86. The van der Waals surface area contributed by atoms with Gasteiger partial charge in [0.05, 0.1) is 0 Å². The highest BCUT2D eigenvalue weighted by Gasteiger charge is 2.05. The molecular weight excluding hydrogens is 302 g/mol. The van der Waals surface area contributed by atoms with Crippen molar-refractivity contribution in [2.45, 2.75) is 6.61 Å². The van der Waals surface area contributed by atoms with Crippen LogP contribution in [0.5, 0.6) is 5.75 Å². The van der Waals surface area contributed by atoms with Gasteiger partial charge in [0.25, 0.3) is 0 Å². The van der Waals surface area contributed by atoms with Gasteiger partial charge in [0.2, 0.25) is 0 Å². The number of nitrogens with two attached hydrogens (primary N) is 1. The molecule has 0 amide bonds. The standard InChI is InChI=1S/C20H17NOS/c21-20(23)19-9-5-4-8-17(19)14-22-18-12-10-16(11-13-18)15-6-2-1-3-7-15/h1-13H,14H2,(H2,21,23). The van der Waals surface area contributed by atoms with Crippen LogP contribution in [0.15, 0.2) is 78.9 Å². The van der Waals surface area contributed by atoms with E-state index in [1.165, 1.54) is 11.1 Å². The highest BCUT2D eigenvalue weighted by atomic mass is 32.1. The molecule has 0 saturated heterocycles. The summed E-state index contributed by atoms with van der Waals surface area (Å²) in [4.78, 5) is 0.392. The van der Waals surface area contributed by atoms with E-state index in [4.69, 9.17) is 22.7 Å². The molecule has 114 valence electrons. The lowest BCUT2D eigenvalue weighted by atomic mass is 10.1. The minimum Gasteiger partial charge on any atom is -0.489 e. The van der Waals surface area contributed by atoms with Gasteiger partial charge in [-0.05, 0) is 28.8 Å². The topological polar surface area (TPSA) is 35.2 Å². The van der Waals surface area contributed by atoms with Crippen LogP contribution in [0.2, 0.25) is 0 Å². The van der Waals surface area contributed by atoms with Gasteiger partial charge in [-0.2, -0.15) is 0 Å². The van der Waals surface area contributed by atoms with Crippen molar-refractivity contribution < 1.29 is 4.74 Å². The predicted octanol–water partition coefficient (Wildman–Crippen LogP) is 4.57. The van der Waals surface area contributed by atoms with E-state index in [2.05, 4.69) is 24.3 Å². The summed E-state index contributed by atoms with van der Waals surface area (Å²) in [6, 6.07) is 26.1.